The average molecular weight is 415 g/mol. The second-order valence-electron chi connectivity index (χ2n) is 7.71. The molecule has 0 radical (unpaired) electrons. The van der Waals surface area contributed by atoms with Gasteiger partial charge in [0.05, 0.1) is 42.3 Å². The van der Waals surface area contributed by atoms with Crippen LogP contribution in [0.3, 0.4) is 0 Å². The van der Waals surface area contributed by atoms with Gasteiger partial charge in [-0.3, -0.25) is 14.5 Å². The van der Waals surface area contributed by atoms with Crippen molar-refractivity contribution in [3.63, 3.8) is 0 Å². The van der Waals surface area contributed by atoms with Crippen molar-refractivity contribution < 1.29 is 22.9 Å². The van der Waals surface area contributed by atoms with Gasteiger partial charge in [-0.2, -0.15) is 4.31 Å². The lowest BCUT2D eigenvalue weighted by molar-refractivity contribution is -0.902. The number of fused-ring (bicyclic) bond motifs is 1. The van der Waals surface area contributed by atoms with E-state index in [1.54, 1.807) is 30.3 Å². The number of hydrogen-bond acceptors (Lipinski definition) is 4. The summed E-state index contributed by atoms with van der Waals surface area (Å²) < 4.78 is 27.2. The molecule has 4 rings (SSSR count). The molecule has 0 unspecified atom stereocenters. The first-order valence-electron chi connectivity index (χ1n) is 9.64. The Labute approximate surface area is 170 Å². The fourth-order valence-corrected chi connectivity index (χ4v) is 5.30. The third kappa shape index (κ3) is 3.59. The van der Waals surface area contributed by atoms with Gasteiger partial charge in [0.2, 0.25) is 10.0 Å². The highest BCUT2D eigenvalue weighted by Crippen LogP contribution is 2.28. The van der Waals surface area contributed by atoms with Crippen LogP contribution >= 0.6 is 0 Å². The summed E-state index contributed by atoms with van der Waals surface area (Å²) in [6.07, 6.45) is 0. The topological polar surface area (TPSA) is 79.2 Å². The van der Waals surface area contributed by atoms with E-state index in [1.165, 1.54) is 9.21 Å². The highest BCUT2D eigenvalue weighted by molar-refractivity contribution is 7.89. The lowest BCUT2D eigenvalue weighted by Crippen LogP contribution is -3.16. The van der Waals surface area contributed by atoms with Crippen molar-refractivity contribution in [3.8, 4) is 0 Å². The Morgan fingerprint density at radius 2 is 1.55 bits per heavy atom. The molecule has 0 atom stereocenters. The number of rotatable bonds is 4. The van der Waals surface area contributed by atoms with Gasteiger partial charge in [-0.25, -0.2) is 8.42 Å². The fourth-order valence-electron chi connectivity index (χ4n) is 3.86. The molecule has 0 saturated carbocycles. The van der Waals surface area contributed by atoms with Crippen molar-refractivity contribution in [2.24, 2.45) is 0 Å². The number of piperazine rings is 1. The first-order chi connectivity index (χ1) is 13.8. The number of benzene rings is 2. The molecule has 0 bridgehead atoms. The van der Waals surface area contributed by atoms with Crippen LogP contribution in [0.15, 0.2) is 47.4 Å². The first-order valence-corrected chi connectivity index (χ1v) is 11.1. The van der Waals surface area contributed by atoms with E-state index in [9.17, 15) is 18.0 Å². The summed E-state index contributed by atoms with van der Waals surface area (Å²) in [5.41, 5.74) is 3.05. The van der Waals surface area contributed by atoms with Crippen molar-refractivity contribution in [2.45, 2.75) is 18.7 Å². The lowest BCUT2D eigenvalue weighted by Gasteiger charge is -2.33. The van der Waals surface area contributed by atoms with E-state index in [-0.39, 0.29) is 0 Å². The van der Waals surface area contributed by atoms with Gasteiger partial charge < -0.3 is 4.90 Å². The van der Waals surface area contributed by atoms with Crippen molar-refractivity contribution in [2.75, 3.05) is 37.7 Å². The zero-order valence-corrected chi connectivity index (χ0v) is 17.3. The Morgan fingerprint density at radius 1 is 0.931 bits per heavy atom. The molecule has 7 nitrogen and oxygen atoms in total. The van der Waals surface area contributed by atoms with Gasteiger partial charge in [0.1, 0.15) is 0 Å². The highest BCUT2D eigenvalue weighted by atomic mass is 32.2. The molecule has 1 fully saturated rings. The van der Waals surface area contributed by atoms with Crippen LogP contribution in [0.4, 0.5) is 5.69 Å². The summed E-state index contributed by atoms with van der Waals surface area (Å²) >= 11 is 0. The minimum atomic E-state index is -3.52. The fraction of sp³-hybridized carbons (Fsp3) is 0.333. The number of amides is 1. The van der Waals surface area contributed by atoms with Gasteiger partial charge >= 0.3 is 5.91 Å². The monoisotopic (exact) mass is 414 g/mol. The van der Waals surface area contributed by atoms with E-state index >= 15 is 0 Å². The molecule has 2 aliphatic rings. The summed E-state index contributed by atoms with van der Waals surface area (Å²) in [5, 5.41) is 0. The van der Waals surface area contributed by atoms with Crippen LogP contribution in [-0.4, -0.2) is 57.3 Å². The maximum absolute atomic E-state index is 12.8. The van der Waals surface area contributed by atoms with Crippen LogP contribution in [0.1, 0.15) is 21.5 Å². The highest BCUT2D eigenvalue weighted by Gasteiger charge is 2.39. The Kier molecular flexibility index (Phi) is 5.02. The summed E-state index contributed by atoms with van der Waals surface area (Å²) in [5.74, 6) is -0.975. The van der Waals surface area contributed by atoms with E-state index in [0.29, 0.717) is 49.0 Å². The predicted octanol–water partition coefficient (Wildman–Crippen LogP) is 0.380. The maximum atomic E-state index is 12.8. The zero-order valence-electron chi connectivity index (χ0n) is 16.5. The second kappa shape index (κ2) is 7.37. The van der Waals surface area contributed by atoms with Gasteiger partial charge in [-0.05, 0) is 38.1 Å². The van der Waals surface area contributed by atoms with E-state index in [1.807, 2.05) is 26.0 Å². The number of nitrogens with one attached hydrogen (secondary N) is 1. The number of aryl methyl sites for hydroxylation is 2. The van der Waals surface area contributed by atoms with Crippen LogP contribution in [0.5, 0.6) is 0 Å². The Bertz CT molecular complexity index is 1070. The van der Waals surface area contributed by atoms with Crippen LogP contribution in [0.25, 0.3) is 0 Å². The van der Waals surface area contributed by atoms with E-state index in [2.05, 4.69) is 0 Å². The number of carbonyl (C=O) groups is 2. The van der Waals surface area contributed by atoms with Gasteiger partial charge in [0.15, 0.2) is 6.67 Å². The third-order valence-electron chi connectivity index (χ3n) is 5.60. The SMILES string of the molecule is Cc1ccc(S(=O)(=O)N2CC[NH+](CN3C(=O)C(=O)c4cc(C)ccc43)CC2)cc1. The summed E-state index contributed by atoms with van der Waals surface area (Å²) in [7, 11) is -3.52. The summed E-state index contributed by atoms with van der Waals surface area (Å²) in [4.78, 5) is 27.6. The van der Waals surface area contributed by atoms with E-state index in [0.717, 1.165) is 16.0 Å². The largest absolute Gasteiger partial charge is 0.315 e. The van der Waals surface area contributed by atoms with Crippen molar-refractivity contribution in [3.05, 3.63) is 59.2 Å². The average Bonchev–Trinajstić information content (AvgIpc) is 2.93. The standard InChI is InChI=1S/C21H23N3O4S/c1-15-3-6-17(7-4-15)29(27,28)23-11-9-22(10-12-23)14-24-19-8-5-16(2)13-18(19)20(25)21(24)26/h3-8,13H,9-12,14H2,1-2H3/p+1. The number of Topliss-reactive ketones (excluding diaryl/α,β-unsaturated/α-hetero) is 1. The summed E-state index contributed by atoms with van der Waals surface area (Å²) in [6.45, 7) is 6.07. The van der Waals surface area contributed by atoms with Crippen LogP contribution < -0.4 is 9.80 Å². The molecule has 1 saturated heterocycles. The number of ketones is 1. The zero-order chi connectivity index (χ0) is 20.8. The Balaban J connectivity index is 1.44. The van der Waals surface area contributed by atoms with E-state index in [4.69, 9.17) is 0 Å². The lowest BCUT2D eigenvalue weighted by atomic mass is 10.1. The first kappa shape index (κ1) is 19.8. The number of carbonyl (C=O) groups excluding carboxylic acids is 2. The molecule has 8 heteroatoms. The minimum absolute atomic E-state index is 0.302. The minimum Gasteiger partial charge on any atom is -0.315 e. The Hall–Kier alpha value is -2.55. The van der Waals surface area contributed by atoms with Crippen molar-refractivity contribution in [1.82, 2.24) is 4.31 Å². The van der Waals surface area contributed by atoms with Gasteiger partial charge in [0.25, 0.3) is 5.78 Å². The molecule has 152 valence electrons. The number of nitrogens with zero attached hydrogens (tertiary/aromatic N) is 2. The van der Waals surface area contributed by atoms with Crippen LogP contribution in [0.2, 0.25) is 0 Å². The molecule has 2 aromatic rings. The molecular weight excluding hydrogens is 390 g/mol. The van der Waals surface area contributed by atoms with Crippen molar-refractivity contribution in [1.29, 1.82) is 0 Å². The molecule has 0 spiro atoms. The molecule has 1 amide bonds. The van der Waals surface area contributed by atoms with Crippen LogP contribution in [-0.2, 0) is 14.8 Å². The second-order valence-corrected chi connectivity index (χ2v) is 9.65. The molecule has 2 aliphatic heterocycles. The number of quaternary nitrogens is 1. The molecular formula is C21H24N3O4S+. The quantitative estimate of drug-likeness (QED) is 0.734. The third-order valence-corrected chi connectivity index (χ3v) is 7.51. The normalized spacial score (nSPS) is 18.3. The Morgan fingerprint density at radius 3 is 2.21 bits per heavy atom. The van der Waals surface area contributed by atoms with Crippen molar-refractivity contribution >= 4 is 27.4 Å². The molecule has 2 aromatic carbocycles. The number of sulfonamides is 1. The number of hydrogen-bond donors (Lipinski definition) is 1. The van der Waals surface area contributed by atoms with Gasteiger partial charge in [-0.1, -0.05) is 29.3 Å². The summed E-state index contributed by atoms with van der Waals surface area (Å²) in [6, 6.07) is 12.3. The van der Waals surface area contributed by atoms with Gasteiger partial charge in [0, 0.05) is 0 Å². The predicted molar refractivity (Wildman–Crippen MR) is 108 cm³/mol. The molecule has 0 aliphatic carbocycles. The van der Waals surface area contributed by atoms with Gasteiger partial charge in [-0.15, -0.1) is 0 Å². The molecule has 0 aromatic heterocycles. The molecule has 29 heavy (non-hydrogen) atoms. The van der Waals surface area contributed by atoms with Crippen LogP contribution in [0, 0.1) is 13.8 Å². The number of anilines is 1. The van der Waals surface area contributed by atoms with E-state index < -0.39 is 21.7 Å². The smallest absolute Gasteiger partial charge is 0.303 e. The molecule has 1 N–H and O–H groups in total. The molecule has 2 heterocycles. The maximum Gasteiger partial charge on any atom is 0.303 e.